The number of carbonyl (C=O) groups is 3. The zero-order valence-electron chi connectivity index (χ0n) is 42.4. The summed E-state index contributed by atoms with van der Waals surface area (Å²) in [5.74, 6) is 0.338. The molecule has 0 aliphatic carbocycles. The molecule has 0 aliphatic heterocycles. The molecular weight excluding hydrogens is 847 g/mol. The van der Waals surface area contributed by atoms with Gasteiger partial charge in [-0.2, -0.15) is 0 Å². The van der Waals surface area contributed by atoms with Crippen molar-refractivity contribution in [3.8, 4) is 0 Å². The van der Waals surface area contributed by atoms with Gasteiger partial charge in [0.1, 0.15) is 18.2 Å². The minimum Gasteiger partial charge on any atom is -0.462 e. The molecule has 378 valence electrons. The maximum absolute atomic E-state index is 12.8. The molecule has 1 aromatic rings. The van der Waals surface area contributed by atoms with Crippen LogP contribution in [0.5, 0.6) is 0 Å². The highest BCUT2D eigenvalue weighted by atomic mass is 33.1. The number of hydrogen-bond donors (Lipinski definition) is 0. The second-order valence-corrected chi connectivity index (χ2v) is 21.3. The second-order valence-electron chi connectivity index (χ2n) is 18.9. The molecule has 1 heterocycles. The van der Waals surface area contributed by atoms with E-state index in [-0.39, 0.29) is 31.1 Å². The van der Waals surface area contributed by atoms with Crippen molar-refractivity contribution in [3.05, 3.63) is 24.4 Å². The quantitative estimate of drug-likeness (QED) is 0.0274. The highest BCUT2D eigenvalue weighted by Gasteiger charge is 2.19. The van der Waals surface area contributed by atoms with Crippen LogP contribution in [-0.4, -0.2) is 48.0 Å². The summed E-state index contributed by atoms with van der Waals surface area (Å²) in [5.41, 5.74) is 0. The van der Waals surface area contributed by atoms with Gasteiger partial charge in [-0.3, -0.25) is 14.4 Å². The fourth-order valence-corrected chi connectivity index (χ4v) is 10.4. The van der Waals surface area contributed by atoms with Crippen LogP contribution in [-0.2, 0) is 28.6 Å². The average molecular weight is 949 g/mol. The van der Waals surface area contributed by atoms with E-state index in [0.717, 1.165) is 62.8 Å². The molecule has 0 bridgehead atoms. The Hall–Kier alpha value is -1.74. The Morgan fingerprint density at radius 2 is 0.754 bits per heavy atom. The van der Waals surface area contributed by atoms with Crippen molar-refractivity contribution in [2.24, 2.45) is 0 Å². The number of aromatic nitrogens is 1. The zero-order valence-corrected chi connectivity index (χ0v) is 44.1. The minimum absolute atomic E-state index is 0.0682. The van der Waals surface area contributed by atoms with Gasteiger partial charge in [0.25, 0.3) is 0 Å². The van der Waals surface area contributed by atoms with Gasteiger partial charge in [0.2, 0.25) is 0 Å². The zero-order chi connectivity index (χ0) is 46.8. The number of esters is 3. The number of ether oxygens (including phenoxy) is 3. The molecule has 0 aliphatic rings. The fraction of sp³-hybridized carbons (Fsp3) is 0.857. The van der Waals surface area contributed by atoms with Crippen LogP contribution in [0.3, 0.4) is 0 Å². The van der Waals surface area contributed by atoms with Crippen molar-refractivity contribution in [3.63, 3.8) is 0 Å². The molecule has 0 amide bonds. The Morgan fingerprint density at radius 1 is 0.431 bits per heavy atom. The number of pyridine rings is 1. The predicted molar refractivity (Wildman–Crippen MR) is 280 cm³/mol. The summed E-state index contributed by atoms with van der Waals surface area (Å²) < 4.78 is 16.9. The summed E-state index contributed by atoms with van der Waals surface area (Å²) in [6, 6.07) is 6.08. The highest BCUT2D eigenvalue weighted by molar-refractivity contribution is 8.76. The van der Waals surface area contributed by atoms with Gasteiger partial charge in [0.15, 0.2) is 6.10 Å². The molecule has 1 atom stereocenters. The maximum atomic E-state index is 12.8. The van der Waals surface area contributed by atoms with Crippen molar-refractivity contribution in [1.82, 2.24) is 4.98 Å². The summed E-state index contributed by atoms with van der Waals surface area (Å²) in [6.07, 6.45) is 50.7. The molecule has 0 aromatic carbocycles. The summed E-state index contributed by atoms with van der Waals surface area (Å²) in [7, 11) is 3.70. The van der Waals surface area contributed by atoms with Crippen molar-refractivity contribution < 1.29 is 28.6 Å². The first kappa shape index (κ1) is 61.3. The van der Waals surface area contributed by atoms with E-state index in [4.69, 9.17) is 14.2 Å². The van der Waals surface area contributed by atoms with E-state index in [1.807, 2.05) is 29.1 Å². The third-order valence-electron chi connectivity index (χ3n) is 12.5. The van der Waals surface area contributed by atoms with Crippen molar-refractivity contribution in [2.45, 2.75) is 295 Å². The standard InChI is InChI=1S/C56H101NO6S2/c1-3-5-7-9-11-13-15-18-22-26-30-34-38-45-54(58)61-50-52(63-56(60)47-40-36-32-28-24-19-16-14-12-10-8-6-4-2)51-62-55(59)46-39-35-31-27-23-20-17-21-25-29-33-37-43-49-64-65-53-44-41-42-48-57-53/h41-42,44,48,52H,3-40,43,45-47,49-51H2,1-2H3. The third-order valence-corrected chi connectivity index (χ3v) is 14.9. The van der Waals surface area contributed by atoms with Crippen molar-refractivity contribution >= 4 is 39.5 Å². The van der Waals surface area contributed by atoms with E-state index in [9.17, 15) is 14.4 Å². The predicted octanol–water partition coefficient (Wildman–Crippen LogP) is 18.2. The van der Waals surface area contributed by atoms with E-state index in [2.05, 4.69) is 24.9 Å². The van der Waals surface area contributed by atoms with Crippen LogP contribution < -0.4 is 0 Å². The van der Waals surface area contributed by atoms with Crippen LogP contribution in [0.4, 0.5) is 0 Å². The van der Waals surface area contributed by atoms with Gasteiger partial charge >= 0.3 is 17.9 Å². The molecule has 0 spiro atoms. The Balaban J connectivity index is 2.19. The molecule has 0 radical (unpaired) electrons. The number of hydrogen-bond acceptors (Lipinski definition) is 9. The molecule has 0 fully saturated rings. The van der Waals surface area contributed by atoms with E-state index >= 15 is 0 Å². The van der Waals surface area contributed by atoms with Crippen LogP contribution in [0.1, 0.15) is 284 Å². The largest absolute Gasteiger partial charge is 0.462 e. The molecule has 7 nitrogen and oxygen atoms in total. The Bertz CT molecular complexity index is 1170. The van der Waals surface area contributed by atoms with E-state index < -0.39 is 6.10 Å². The molecule has 65 heavy (non-hydrogen) atoms. The Labute approximate surface area is 409 Å². The highest BCUT2D eigenvalue weighted by Crippen LogP contribution is 2.30. The van der Waals surface area contributed by atoms with Crippen LogP contribution in [0.25, 0.3) is 0 Å². The monoisotopic (exact) mass is 948 g/mol. The summed E-state index contributed by atoms with van der Waals surface area (Å²) in [6.45, 7) is 4.39. The third kappa shape index (κ3) is 45.8. The van der Waals surface area contributed by atoms with Gasteiger partial charge in [-0.25, -0.2) is 4.98 Å². The lowest BCUT2D eigenvalue weighted by Crippen LogP contribution is -2.30. The minimum atomic E-state index is -0.768. The number of unbranched alkanes of at least 4 members (excludes halogenated alkanes) is 36. The van der Waals surface area contributed by atoms with Crippen LogP contribution in [0.15, 0.2) is 29.4 Å². The molecule has 0 saturated heterocycles. The summed E-state index contributed by atoms with van der Waals surface area (Å²) >= 11 is 0. The lowest BCUT2D eigenvalue weighted by atomic mass is 10.0. The van der Waals surface area contributed by atoms with Gasteiger partial charge < -0.3 is 14.2 Å². The van der Waals surface area contributed by atoms with Crippen molar-refractivity contribution in [2.75, 3.05) is 19.0 Å². The van der Waals surface area contributed by atoms with E-state index in [0.29, 0.717) is 19.3 Å². The second kappa shape index (κ2) is 50.1. The molecular formula is C56H101NO6S2. The topological polar surface area (TPSA) is 91.8 Å². The number of rotatable bonds is 51. The molecule has 1 unspecified atom stereocenters. The first-order chi connectivity index (χ1) is 32.0. The van der Waals surface area contributed by atoms with Gasteiger partial charge in [0, 0.05) is 31.2 Å². The maximum Gasteiger partial charge on any atom is 0.306 e. The normalized spacial score (nSPS) is 11.8. The summed E-state index contributed by atoms with van der Waals surface area (Å²) in [4.78, 5) is 42.5. The number of nitrogens with zero attached hydrogens (tertiary/aromatic N) is 1. The first-order valence-electron chi connectivity index (χ1n) is 27.8. The lowest BCUT2D eigenvalue weighted by molar-refractivity contribution is -0.167. The number of carbonyl (C=O) groups excluding carboxylic acids is 3. The van der Waals surface area contributed by atoms with Gasteiger partial charge in [-0.1, -0.05) is 255 Å². The Morgan fingerprint density at radius 3 is 1.09 bits per heavy atom. The lowest BCUT2D eigenvalue weighted by Gasteiger charge is -2.18. The van der Waals surface area contributed by atoms with Gasteiger partial charge in [-0.05, 0) is 48.6 Å². The molecule has 1 aromatic heterocycles. The Kier molecular flexibility index (Phi) is 47.3. The first-order valence-corrected chi connectivity index (χ1v) is 30.1. The van der Waals surface area contributed by atoms with Gasteiger partial charge in [-0.15, -0.1) is 0 Å². The summed E-state index contributed by atoms with van der Waals surface area (Å²) in [5, 5.41) is 1.10. The van der Waals surface area contributed by atoms with Crippen LogP contribution in [0, 0.1) is 0 Å². The SMILES string of the molecule is CCCCCCCCCCCCCCCC(=O)OCC(COC(=O)CCCCCCCCCCCCCCCSSc1ccccn1)OC(=O)CCCCCCCCCCCCCCC. The van der Waals surface area contributed by atoms with E-state index in [1.165, 1.54) is 198 Å². The molecule has 1 rings (SSSR count). The van der Waals surface area contributed by atoms with Crippen LogP contribution >= 0.6 is 21.6 Å². The van der Waals surface area contributed by atoms with Gasteiger partial charge in [0.05, 0.1) is 0 Å². The van der Waals surface area contributed by atoms with Crippen molar-refractivity contribution in [1.29, 1.82) is 0 Å². The average Bonchev–Trinajstić information content (AvgIpc) is 3.31. The van der Waals surface area contributed by atoms with Crippen LogP contribution in [0.2, 0.25) is 0 Å². The fourth-order valence-electron chi connectivity index (χ4n) is 8.32. The molecule has 0 N–H and O–H groups in total. The molecule has 9 heteroatoms. The smallest absolute Gasteiger partial charge is 0.306 e. The van der Waals surface area contributed by atoms with E-state index in [1.54, 1.807) is 10.8 Å². The molecule has 0 saturated carbocycles.